The zero-order valence-corrected chi connectivity index (χ0v) is 13.0. The maximum absolute atomic E-state index is 12.7. The van der Waals surface area contributed by atoms with Gasteiger partial charge in [0.2, 0.25) is 0 Å². The van der Waals surface area contributed by atoms with Gasteiger partial charge in [0.1, 0.15) is 5.75 Å². The van der Waals surface area contributed by atoms with Crippen LogP contribution in [0.15, 0.2) is 48.5 Å². The average molecular weight is 379 g/mol. The van der Waals surface area contributed by atoms with E-state index in [0.717, 1.165) is 21.4 Å². The van der Waals surface area contributed by atoms with E-state index in [-0.39, 0.29) is 5.91 Å². The van der Waals surface area contributed by atoms with Crippen molar-refractivity contribution in [3.63, 3.8) is 0 Å². The fraction of sp³-hybridized carbons (Fsp3) is 0.188. The first-order valence-electron chi connectivity index (χ1n) is 6.55. The van der Waals surface area contributed by atoms with E-state index in [1.807, 2.05) is 53.4 Å². The Balaban J connectivity index is 1.99. The number of hydrogen-bond donors (Lipinski definition) is 0. The Labute approximate surface area is 131 Å². The van der Waals surface area contributed by atoms with Crippen molar-refractivity contribution < 1.29 is 9.53 Å². The summed E-state index contributed by atoms with van der Waals surface area (Å²) in [6, 6.07) is 15.4. The summed E-state index contributed by atoms with van der Waals surface area (Å²) in [6.45, 7) is 1.33. The van der Waals surface area contributed by atoms with Crippen molar-refractivity contribution in [2.24, 2.45) is 0 Å². The normalized spacial score (nSPS) is 14.2. The first-order valence-corrected chi connectivity index (χ1v) is 7.63. The van der Waals surface area contributed by atoms with Crippen molar-refractivity contribution in [1.82, 2.24) is 0 Å². The molecular formula is C16H14INO2. The molecule has 102 valence electrons. The van der Waals surface area contributed by atoms with Gasteiger partial charge in [0.15, 0.2) is 0 Å². The highest BCUT2D eigenvalue weighted by Gasteiger charge is 2.22. The third-order valence-electron chi connectivity index (χ3n) is 3.26. The molecule has 1 amide bonds. The lowest BCUT2D eigenvalue weighted by molar-refractivity contribution is 0.0987. The van der Waals surface area contributed by atoms with E-state index in [1.165, 1.54) is 0 Å². The molecule has 0 aliphatic carbocycles. The summed E-state index contributed by atoms with van der Waals surface area (Å²) in [5, 5.41) is 0. The van der Waals surface area contributed by atoms with Gasteiger partial charge in [-0.2, -0.15) is 0 Å². The monoisotopic (exact) mass is 379 g/mol. The lowest BCUT2D eigenvalue weighted by Gasteiger charge is -2.21. The van der Waals surface area contributed by atoms with E-state index in [0.29, 0.717) is 18.7 Å². The molecule has 3 rings (SSSR count). The molecule has 0 N–H and O–H groups in total. The number of benzene rings is 2. The maximum Gasteiger partial charge on any atom is 0.258 e. The molecule has 0 spiro atoms. The van der Waals surface area contributed by atoms with Crippen molar-refractivity contribution in [2.45, 2.75) is 6.42 Å². The quantitative estimate of drug-likeness (QED) is 0.707. The topological polar surface area (TPSA) is 29.5 Å². The van der Waals surface area contributed by atoms with E-state index in [4.69, 9.17) is 4.74 Å². The number of rotatable bonds is 1. The SMILES string of the molecule is O=C(c1cccc(I)c1)N1CCCOc2ccccc21. The Kier molecular flexibility index (Phi) is 3.91. The summed E-state index contributed by atoms with van der Waals surface area (Å²) in [6.07, 6.45) is 0.838. The lowest BCUT2D eigenvalue weighted by atomic mass is 10.1. The summed E-state index contributed by atoms with van der Waals surface area (Å²) >= 11 is 2.22. The average Bonchev–Trinajstić information content (AvgIpc) is 2.69. The molecule has 0 saturated heterocycles. The van der Waals surface area contributed by atoms with Crippen molar-refractivity contribution >= 4 is 34.2 Å². The first kappa shape index (κ1) is 13.4. The summed E-state index contributed by atoms with van der Waals surface area (Å²) in [4.78, 5) is 14.5. The zero-order chi connectivity index (χ0) is 13.9. The van der Waals surface area contributed by atoms with Crippen molar-refractivity contribution in [1.29, 1.82) is 0 Å². The number of ether oxygens (including phenoxy) is 1. The zero-order valence-electron chi connectivity index (χ0n) is 10.9. The van der Waals surface area contributed by atoms with E-state index in [1.54, 1.807) is 0 Å². The lowest BCUT2D eigenvalue weighted by Crippen LogP contribution is -2.31. The fourth-order valence-electron chi connectivity index (χ4n) is 2.32. The van der Waals surface area contributed by atoms with E-state index >= 15 is 0 Å². The van der Waals surface area contributed by atoms with Crippen LogP contribution in [0.3, 0.4) is 0 Å². The second-order valence-corrected chi connectivity index (χ2v) is 5.88. The molecule has 0 fully saturated rings. The second kappa shape index (κ2) is 5.83. The Morgan fingerprint density at radius 1 is 1.15 bits per heavy atom. The summed E-state index contributed by atoms with van der Waals surface area (Å²) < 4.78 is 6.76. The number of nitrogens with zero attached hydrogens (tertiary/aromatic N) is 1. The van der Waals surface area contributed by atoms with Crippen molar-refractivity contribution in [3.05, 3.63) is 57.7 Å². The molecule has 0 radical (unpaired) electrons. The van der Waals surface area contributed by atoms with E-state index in [2.05, 4.69) is 22.6 Å². The van der Waals surface area contributed by atoms with Crippen molar-refractivity contribution in [2.75, 3.05) is 18.1 Å². The minimum atomic E-state index is 0.0291. The van der Waals surface area contributed by atoms with Gasteiger partial charge in [-0.15, -0.1) is 0 Å². The fourth-order valence-corrected chi connectivity index (χ4v) is 2.86. The molecule has 0 unspecified atom stereocenters. The van der Waals surface area contributed by atoms with Crippen LogP contribution in [0, 0.1) is 3.57 Å². The Hall–Kier alpha value is -1.56. The van der Waals surface area contributed by atoms with E-state index in [9.17, 15) is 4.79 Å². The highest BCUT2D eigenvalue weighted by atomic mass is 127. The van der Waals surface area contributed by atoms with Gasteiger partial charge < -0.3 is 9.64 Å². The highest BCUT2D eigenvalue weighted by molar-refractivity contribution is 14.1. The maximum atomic E-state index is 12.7. The largest absolute Gasteiger partial charge is 0.491 e. The summed E-state index contributed by atoms with van der Waals surface area (Å²) in [5.41, 5.74) is 1.57. The van der Waals surface area contributed by atoms with Gasteiger partial charge in [0.05, 0.1) is 12.3 Å². The minimum absolute atomic E-state index is 0.0291. The number of carbonyl (C=O) groups excluding carboxylic acids is 1. The molecule has 2 aromatic carbocycles. The van der Waals surface area contributed by atoms with Gasteiger partial charge in [-0.1, -0.05) is 18.2 Å². The molecule has 0 atom stereocenters. The summed E-state index contributed by atoms with van der Waals surface area (Å²) in [5.74, 6) is 0.811. The van der Waals surface area contributed by atoms with Crippen LogP contribution in [0.25, 0.3) is 0 Å². The van der Waals surface area contributed by atoms with Gasteiger partial charge in [-0.25, -0.2) is 0 Å². The Bertz CT molecular complexity index is 642. The molecule has 0 bridgehead atoms. The molecular weight excluding hydrogens is 365 g/mol. The molecule has 1 aliphatic rings. The standard InChI is InChI=1S/C16H14INO2/c17-13-6-3-5-12(11-13)16(19)18-9-4-10-20-15-8-2-1-7-14(15)18/h1-3,5-8,11H,4,9-10H2. The molecule has 4 heteroatoms. The van der Waals surface area contributed by atoms with Crippen LogP contribution in [0.5, 0.6) is 5.75 Å². The van der Waals surface area contributed by atoms with E-state index < -0.39 is 0 Å². The van der Waals surface area contributed by atoms with Gasteiger partial charge in [-0.3, -0.25) is 4.79 Å². The number of fused-ring (bicyclic) bond motifs is 1. The van der Waals surface area contributed by atoms with Gasteiger partial charge in [0, 0.05) is 15.7 Å². The molecule has 0 saturated carbocycles. The number of carbonyl (C=O) groups is 1. The van der Waals surface area contributed by atoms with Gasteiger partial charge >= 0.3 is 0 Å². The third kappa shape index (κ3) is 2.65. The Morgan fingerprint density at radius 3 is 2.85 bits per heavy atom. The number of hydrogen-bond acceptors (Lipinski definition) is 2. The minimum Gasteiger partial charge on any atom is -0.491 e. The van der Waals surface area contributed by atoms with Crippen LogP contribution in [0.1, 0.15) is 16.8 Å². The highest BCUT2D eigenvalue weighted by Crippen LogP contribution is 2.31. The summed E-state index contributed by atoms with van der Waals surface area (Å²) in [7, 11) is 0. The predicted octanol–water partition coefficient (Wildman–Crippen LogP) is 3.72. The van der Waals surface area contributed by atoms with Crippen LogP contribution >= 0.6 is 22.6 Å². The van der Waals surface area contributed by atoms with Crippen LogP contribution in [0.2, 0.25) is 0 Å². The third-order valence-corrected chi connectivity index (χ3v) is 3.93. The number of halogens is 1. The van der Waals surface area contributed by atoms with Crippen molar-refractivity contribution in [3.8, 4) is 5.75 Å². The number of amides is 1. The van der Waals surface area contributed by atoms with Crippen LogP contribution in [0.4, 0.5) is 5.69 Å². The number of anilines is 1. The molecule has 2 aromatic rings. The predicted molar refractivity (Wildman–Crippen MR) is 87.4 cm³/mol. The molecule has 20 heavy (non-hydrogen) atoms. The van der Waals surface area contributed by atoms with Crippen LogP contribution in [-0.4, -0.2) is 19.1 Å². The van der Waals surface area contributed by atoms with Crippen LogP contribution < -0.4 is 9.64 Å². The van der Waals surface area contributed by atoms with Gasteiger partial charge in [-0.05, 0) is 59.3 Å². The molecule has 1 heterocycles. The number of para-hydroxylation sites is 2. The Morgan fingerprint density at radius 2 is 2.00 bits per heavy atom. The smallest absolute Gasteiger partial charge is 0.258 e. The second-order valence-electron chi connectivity index (χ2n) is 4.64. The first-order chi connectivity index (χ1) is 9.75. The van der Waals surface area contributed by atoms with Gasteiger partial charge in [0.25, 0.3) is 5.91 Å². The van der Waals surface area contributed by atoms with Crippen LogP contribution in [-0.2, 0) is 0 Å². The molecule has 3 nitrogen and oxygen atoms in total. The molecule has 1 aliphatic heterocycles. The molecule has 0 aromatic heterocycles.